The summed E-state index contributed by atoms with van der Waals surface area (Å²) in [6.07, 6.45) is 2.24. The minimum absolute atomic E-state index is 0.431. The Hall–Kier alpha value is -1.10. The van der Waals surface area contributed by atoms with E-state index in [1.807, 2.05) is 12.1 Å². The van der Waals surface area contributed by atoms with Gasteiger partial charge in [-0.3, -0.25) is 4.90 Å². The lowest BCUT2D eigenvalue weighted by Crippen LogP contribution is -2.44. The predicted molar refractivity (Wildman–Crippen MR) is 80.8 cm³/mol. The number of ether oxygens (including phenoxy) is 2. The number of hydrogen-bond acceptors (Lipinski definition) is 4. The predicted octanol–water partition coefficient (Wildman–Crippen LogP) is 1.88. The Morgan fingerprint density at radius 1 is 1.30 bits per heavy atom. The van der Waals surface area contributed by atoms with E-state index < -0.39 is 0 Å². The molecule has 1 aromatic rings. The number of nitrogens with two attached hydrogens (primary N) is 1. The largest absolute Gasteiger partial charge is 0.497 e. The molecule has 1 fully saturated rings. The summed E-state index contributed by atoms with van der Waals surface area (Å²) in [5.41, 5.74) is 7.29. The average Bonchev–Trinajstić information content (AvgIpc) is 2.50. The summed E-state index contributed by atoms with van der Waals surface area (Å²) in [6, 6.07) is 8.69. The number of nitrogens with zero attached hydrogens (tertiary/aromatic N) is 1. The molecule has 1 atom stereocenters. The topological polar surface area (TPSA) is 47.7 Å². The van der Waals surface area contributed by atoms with Crippen molar-refractivity contribution in [2.45, 2.75) is 25.4 Å². The Bertz CT molecular complexity index is 388. The lowest BCUT2D eigenvalue weighted by atomic mass is 9.90. The number of hydrogen-bond donors (Lipinski definition) is 1. The highest BCUT2D eigenvalue weighted by atomic mass is 16.5. The van der Waals surface area contributed by atoms with E-state index >= 15 is 0 Å². The maximum atomic E-state index is 6.00. The smallest absolute Gasteiger partial charge is 0.118 e. The first kappa shape index (κ1) is 15.3. The van der Waals surface area contributed by atoms with Crippen molar-refractivity contribution in [3.05, 3.63) is 29.8 Å². The summed E-state index contributed by atoms with van der Waals surface area (Å²) in [5.74, 6) is 1.55. The van der Waals surface area contributed by atoms with Crippen molar-refractivity contribution < 1.29 is 9.47 Å². The lowest BCUT2D eigenvalue weighted by Gasteiger charge is -2.36. The average molecular weight is 278 g/mol. The third-order valence-electron chi connectivity index (χ3n) is 4.21. The first-order valence-corrected chi connectivity index (χ1v) is 7.35. The van der Waals surface area contributed by atoms with Crippen molar-refractivity contribution in [1.29, 1.82) is 0 Å². The molecule has 0 amide bonds. The summed E-state index contributed by atoms with van der Waals surface area (Å²) >= 11 is 0. The highest BCUT2D eigenvalue weighted by Crippen LogP contribution is 2.23. The van der Waals surface area contributed by atoms with Gasteiger partial charge in [-0.15, -0.1) is 0 Å². The first-order chi connectivity index (χ1) is 9.74. The summed E-state index contributed by atoms with van der Waals surface area (Å²) in [4.78, 5) is 2.37. The molecule has 0 saturated carbocycles. The molecule has 0 radical (unpaired) electrons. The lowest BCUT2D eigenvalue weighted by molar-refractivity contribution is 0.0321. The van der Waals surface area contributed by atoms with Crippen LogP contribution in [0, 0.1) is 5.92 Å². The molecule has 4 nitrogen and oxygen atoms in total. The van der Waals surface area contributed by atoms with Gasteiger partial charge in [0.1, 0.15) is 5.75 Å². The van der Waals surface area contributed by atoms with Gasteiger partial charge in [0.25, 0.3) is 0 Å². The molecule has 1 aliphatic rings. The minimum Gasteiger partial charge on any atom is -0.497 e. The molecule has 1 aromatic carbocycles. The van der Waals surface area contributed by atoms with Gasteiger partial charge in [-0.25, -0.2) is 0 Å². The van der Waals surface area contributed by atoms with Crippen molar-refractivity contribution in [1.82, 2.24) is 4.90 Å². The molecule has 20 heavy (non-hydrogen) atoms. The third-order valence-corrected chi connectivity index (χ3v) is 4.21. The van der Waals surface area contributed by atoms with Crippen LogP contribution >= 0.6 is 0 Å². The zero-order chi connectivity index (χ0) is 14.4. The van der Waals surface area contributed by atoms with Crippen LogP contribution in [-0.4, -0.2) is 44.9 Å². The van der Waals surface area contributed by atoms with Crippen molar-refractivity contribution in [2.75, 3.05) is 33.9 Å². The second-order valence-corrected chi connectivity index (χ2v) is 5.52. The van der Waals surface area contributed by atoms with Gasteiger partial charge in [0, 0.05) is 32.3 Å². The van der Waals surface area contributed by atoms with E-state index in [9.17, 15) is 0 Å². The number of likely N-dealkylation sites (N-methyl/N-ethyl adjacent to an activating group) is 1. The fourth-order valence-electron chi connectivity index (χ4n) is 2.97. The van der Waals surface area contributed by atoms with Crippen LogP contribution in [0.1, 0.15) is 18.4 Å². The maximum Gasteiger partial charge on any atom is 0.118 e. The molecule has 1 saturated heterocycles. The molecule has 4 heteroatoms. The molecule has 0 bridgehead atoms. The molecule has 1 unspecified atom stereocenters. The number of benzene rings is 1. The molecule has 2 N–H and O–H groups in total. The molecular weight excluding hydrogens is 252 g/mol. The van der Waals surface area contributed by atoms with Crippen LogP contribution in [-0.2, 0) is 11.3 Å². The molecular formula is C16H26N2O2. The van der Waals surface area contributed by atoms with Crippen LogP contribution in [0.15, 0.2) is 24.3 Å². The van der Waals surface area contributed by atoms with E-state index in [1.165, 1.54) is 5.56 Å². The van der Waals surface area contributed by atoms with Gasteiger partial charge in [-0.2, -0.15) is 0 Å². The number of rotatable bonds is 6. The van der Waals surface area contributed by atoms with E-state index in [2.05, 4.69) is 24.1 Å². The summed E-state index contributed by atoms with van der Waals surface area (Å²) < 4.78 is 10.6. The fourth-order valence-corrected chi connectivity index (χ4v) is 2.97. The maximum absolute atomic E-state index is 6.00. The molecule has 2 rings (SSSR count). The van der Waals surface area contributed by atoms with E-state index in [1.54, 1.807) is 7.11 Å². The van der Waals surface area contributed by atoms with Gasteiger partial charge in [0.15, 0.2) is 0 Å². The van der Waals surface area contributed by atoms with Crippen LogP contribution in [0.25, 0.3) is 0 Å². The first-order valence-electron chi connectivity index (χ1n) is 7.35. The van der Waals surface area contributed by atoms with Crippen molar-refractivity contribution >= 4 is 0 Å². The zero-order valence-electron chi connectivity index (χ0n) is 12.5. The molecule has 112 valence electrons. The van der Waals surface area contributed by atoms with Crippen molar-refractivity contribution in [3.63, 3.8) is 0 Å². The molecule has 0 aromatic heterocycles. The quantitative estimate of drug-likeness (QED) is 0.863. The van der Waals surface area contributed by atoms with E-state index in [-0.39, 0.29) is 0 Å². The molecule has 0 spiro atoms. The van der Waals surface area contributed by atoms with Gasteiger partial charge in [0.2, 0.25) is 0 Å². The van der Waals surface area contributed by atoms with Gasteiger partial charge < -0.3 is 15.2 Å². The van der Waals surface area contributed by atoms with E-state index in [0.29, 0.717) is 18.5 Å². The SMILES string of the molecule is COc1ccc(CN(C)C(CN)C2CCOCC2)cc1. The van der Waals surface area contributed by atoms with Crippen LogP contribution < -0.4 is 10.5 Å². The normalized spacial score (nSPS) is 18.2. The molecule has 1 heterocycles. The zero-order valence-corrected chi connectivity index (χ0v) is 12.5. The van der Waals surface area contributed by atoms with Gasteiger partial charge >= 0.3 is 0 Å². The summed E-state index contributed by atoms with van der Waals surface area (Å²) in [6.45, 7) is 3.37. The highest BCUT2D eigenvalue weighted by Gasteiger charge is 2.26. The highest BCUT2D eigenvalue weighted by molar-refractivity contribution is 5.27. The third kappa shape index (κ3) is 3.95. The van der Waals surface area contributed by atoms with Crippen LogP contribution in [0.4, 0.5) is 0 Å². The summed E-state index contributed by atoms with van der Waals surface area (Å²) in [5, 5.41) is 0. The monoisotopic (exact) mass is 278 g/mol. The Balaban J connectivity index is 1.95. The second kappa shape index (κ2) is 7.62. The van der Waals surface area contributed by atoms with Crippen molar-refractivity contribution in [3.8, 4) is 5.75 Å². The Kier molecular flexibility index (Phi) is 5.83. The Morgan fingerprint density at radius 2 is 1.95 bits per heavy atom. The Morgan fingerprint density at radius 3 is 2.50 bits per heavy atom. The van der Waals surface area contributed by atoms with Crippen molar-refractivity contribution in [2.24, 2.45) is 11.7 Å². The van der Waals surface area contributed by atoms with Gasteiger partial charge in [-0.05, 0) is 43.5 Å². The number of methoxy groups -OCH3 is 1. The molecule has 1 aliphatic heterocycles. The Labute approximate surface area is 121 Å². The van der Waals surface area contributed by atoms with Crippen LogP contribution in [0.3, 0.4) is 0 Å². The van der Waals surface area contributed by atoms with E-state index in [0.717, 1.165) is 38.3 Å². The van der Waals surface area contributed by atoms with Crippen LogP contribution in [0.5, 0.6) is 5.75 Å². The standard InChI is InChI=1S/C16H26N2O2/c1-18(12-13-3-5-15(19-2)6-4-13)16(11-17)14-7-9-20-10-8-14/h3-6,14,16H,7-12,17H2,1-2H3. The van der Waals surface area contributed by atoms with Gasteiger partial charge in [-0.1, -0.05) is 12.1 Å². The van der Waals surface area contributed by atoms with Crippen LogP contribution in [0.2, 0.25) is 0 Å². The van der Waals surface area contributed by atoms with Gasteiger partial charge in [0.05, 0.1) is 7.11 Å². The second-order valence-electron chi connectivity index (χ2n) is 5.52. The molecule has 0 aliphatic carbocycles. The summed E-state index contributed by atoms with van der Waals surface area (Å²) in [7, 11) is 3.86. The van der Waals surface area contributed by atoms with E-state index in [4.69, 9.17) is 15.2 Å². The fraction of sp³-hybridized carbons (Fsp3) is 0.625. The minimum atomic E-state index is 0.431.